The fourth-order valence-corrected chi connectivity index (χ4v) is 4.07. The molecule has 0 radical (unpaired) electrons. The molecule has 1 aliphatic heterocycles. The lowest BCUT2D eigenvalue weighted by atomic mass is 10.1. The summed E-state index contributed by atoms with van der Waals surface area (Å²) in [5.41, 5.74) is 2.20. The van der Waals surface area contributed by atoms with E-state index in [0.717, 1.165) is 5.56 Å². The predicted molar refractivity (Wildman–Crippen MR) is 96.3 cm³/mol. The van der Waals surface area contributed by atoms with Gasteiger partial charge in [0.05, 0.1) is 16.5 Å². The summed E-state index contributed by atoms with van der Waals surface area (Å²) in [5, 5.41) is 2.57. The molecular weight excluding hydrogens is 367 g/mol. The molecule has 1 heterocycles. The van der Waals surface area contributed by atoms with Crippen molar-refractivity contribution in [1.82, 2.24) is 0 Å². The third-order valence-electron chi connectivity index (χ3n) is 4.07. The van der Waals surface area contributed by atoms with Gasteiger partial charge in [-0.1, -0.05) is 11.6 Å². The summed E-state index contributed by atoms with van der Waals surface area (Å²) in [6, 6.07) is 8.82. The van der Waals surface area contributed by atoms with Crippen LogP contribution in [0.25, 0.3) is 0 Å². The van der Waals surface area contributed by atoms with Crippen LogP contribution < -0.4 is 9.62 Å². The molecule has 0 aliphatic carbocycles. The minimum absolute atomic E-state index is 0.0278. The van der Waals surface area contributed by atoms with E-state index in [4.69, 9.17) is 11.6 Å². The molecule has 0 fully saturated rings. The molecule has 0 saturated carbocycles. The molecule has 8 heteroatoms. The minimum Gasteiger partial charge on any atom is -0.322 e. The number of benzene rings is 2. The van der Waals surface area contributed by atoms with Crippen LogP contribution in [0.3, 0.4) is 0 Å². The molecule has 5 nitrogen and oxygen atoms in total. The van der Waals surface area contributed by atoms with E-state index in [2.05, 4.69) is 5.32 Å². The maximum Gasteiger partial charge on any atom is 0.255 e. The van der Waals surface area contributed by atoms with Crippen LogP contribution in [-0.4, -0.2) is 26.6 Å². The van der Waals surface area contributed by atoms with Crippen LogP contribution in [0.5, 0.6) is 0 Å². The smallest absolute Gasteiger partial charge is 0.255 e. The molecule has 1 amide bonds. The van der Waals surface area contributed by atoms with Gasteiger partial charge in [0.15, 0.2) is 0 Å². The second-order valence-corrected chi connectivity index (χ2v) is 8.24. The number of anilines is 2. The second-order valence-electron chi connectivity index (χ2n) is 5.65. The Morgan fingerprint density at radius 1 is 1.28 bits per heavy atom. The van der Waals surface area contributed by atoms with Gasteiger partial charge in [-0.3, -0.25) is 9.10 Å². The molecule has 0 unspecified atom stereocenters. The average molecular weight is 383 g/mol. The zero-order chi connectivity index (χ0) is 18.2. The zero-order valence-electron chi connectivity index (χ0n) is 13.4. The fraction of sp³-hybridized carbons (Fsp3) is 0.235. The Balaban J connectivity index is 1.83. The van der Waals surface area contributed by atoms with E-state index in [1.54, 1.807) is 25.1 Å². The maximum atomic E-state index is 13.2. The molecule has 2 aromatic carbocycles. The molecule has 132 valence electrons. The number of nitrogens with one attached hydrogen (secondary N) is 1. The van der Waals surface area contributed by atoms with Crippen LogP contribution in [0.15, 0.2) is 36.4 Å². The third-order valence-corrected chi connectivity index (χ3v) is 6.14. The summed E-state index contributed by atoms with van der Waals surface area (Å²) in [7, 11) is -3.32. The molecule has 3 rings (SSSR count). The van der Waals surface area contributed by atoms with E-state index in [1.165, 1.54) is 22.5 Å². The van der Waals surface area contributed by atoms with E-state index in [9.17, 15) is 17.6 Å². The topological polar surface area (TPSA) is 66.5 Å². The number of hydrogen-bond acceptors (Lipinski definition) is 3. The van der Waals surface area contributed by atoms with Crippen LogP contribution in [0, 0.1) is 5.82 Å². The van der Waals surface area contributed by atoms with Crippen molar-refractivity contribution in [2.45, 2.75) is 13.3 Å². The molecular formula is C17H16ClFN2O3S. The number of carbonyl (C=O) groups excluding carboxylic acids is 1. The molecule has 0 bridgehead atoms. The summed E-state index contributed by atoms with van der Waals surface area (Å²) < 4.78 is 38.7. The van der Waals surface area contributed by atoms with Gasteiger partial charge in [0.25, 0.3) is 5.91 Å². The highest BCUT2D eigenvalue weighted by Crippen LogP contribution is 2.31. The van der Waals surface area contributed by atoms with Gasteiger partial charge in [0.1, 0.15) is 5.82 Å². The van der Waals surface area contributed by atoms with E-state index in [-0.39, 0.29) is 16.7 Å². The summed E-state index contributed by atoms with van der Waals surface area (Å²) in [6.45, 7) is 1.98. The van der Waals surface area contributed by atoms with Gasteiger partial charge in [-0.25, -0.2) is 12.8 Å². The highest BCUT2D eigenvalue weighted by atomic mass is 35.5. The van der Waals surface area contributed by atoms with E-state index in [1.807, 2.05) is 0 Å². The second kappa shape index (κ2) is 6.65. The van der Waals surface area contributed by atoms with Crippen molar-refractivity contribution >= 4 is 38.9 Å². The summed E-state index contributed by atoms with van der Waals surface area (Å²) >= 11 is 5.70. The Morgan fingerprint density at radius 2 is 2.04 bits per heavy atom. The van der Waals surface area contributed by atoms with Crippen LogP contribution in [0.4, 0.5) is 15.8 Å². The number of sulfonamides is 1. The van der Waals surface area contributed by atoms with Gasteiger partial charge in [-0.2, -0.15) is 0 Å². The third kappa shape index (κ3) is 3.48. The van der Waals surface area contributed by atoms with Crippen LogP contribution in [-0.2, 0) is 16.4 Å². The van der Waals surface area contributed by atoms with Gasteiger partial charge in [0.2, 0.25) is 10.0 Å². The Morgan fingerprint density at radius 3 is 2.72 bits per heavy atom. The van der Waals surface area contributed by atoms with Gasteiger partial charge in [-0.05, 0) is 55.3 Å². The number of amides is 1. The number of halogens is 2. The number of hydrogen-bond donors (Lipinski definition) is 1. The SMILES string of the molecule is CCS(=O)(=O)N1CCc2cc(C(=O)Nc3ccc(F)c(Cl)c3)ccc21. The standard InChI is InChI=1S/C17H16ClFN2O3S/c1-2-25(23,24)21-8-7-11-9-12(3-6-16(11)21)17(22)20-13-4-5-15(19)14(18)10-13/h3-6,9-10H,2,7-8H2,1H3,(H,20,22). The fourth-order valence-electron chi connectivity index (χ4n) is 2.73. The average Bonchev–Trinajstić information content (AvgIpc) is 3.02. The van der Waals surface area contributed by atoms with Crippen molar-refractivity contribution in [2.24, 2.45) is 0 Å². The molecule has 1 N–H and O–H groups in total. The van der Waals surface area contributed by atoms with Gasteiger partial charge in [-0.15, -0.1) is 0 Å². The van der Waals surface area contributed by atoms with Crippen LogP contribution in [0.2, 0.25) is 5.02 Å². The first-order valence-electron chi connectivity index (χ1n) is 7.71. The van der Waals surface area contributed by atoms with Crippen molar-refractivity contribution in [1.29, 1.82) is 0 Å². The van der Waals surface area contributed by atoms with Crippen molar-refractivity contribution in [2.75, 3.05) is 21.9 Å². The number of rotatable bonds is 4. The lowest BCUT2D eigenvalue weighted by Gasteiger charge is -2.18. The van der Waals surface area contributed by atoms with E-state index >= 15 is 0 Å². The summed E-state index contributed by atoms with van der Waals surface area (Å²) in [6.07, 6.45) is 0.554. The minimum atomic E-state index is -3.32. The largest absolute Gasteiger partial charge is 0.322 e. The van der Waals surface area contributed by atoms with Crippen LogP contribution >= 0.6 is 11.6 Å². The number of nitrogens with zero attached hydrogens (tertiary/aromatic N) is 1. The van der Waals surface area contributed by atoms with Crippen molar-refractivity contribution in [3.8, 4) is 0 Å². The number of fused-ring (bicyclic) bond motifs is 1. The first-order valence-corrected chi connectivity index (χ1v) is 9.70. The van der Waals surface area contributed by atoms with Gasteiger partial charge in [0, 0.05) is 17.8 Å². The highest BCUT2D eigenvalue weighted by molar-refractivity contribution is 7.92. The molecule has 1 aliphatic rings. The lowest BCUT2D eigenvalue weighted by molar-refractivity contribution is 0.102. The molecule has 0 saturated heterocycles. The van der Waals surface area contributed by atoms with E-state index < -0.39 is 15.8 Å². The Kier molecular flexibility index (Phi) is 4.71. The quantitative estimate of drug-likeness (QED) is 0.880. The summed E-state index contributed by atoms with van der Waals surface area (Å²) in [5.74, 6) is -0.906. The van der Waals surface area contributed by atoms with Crippen molar-refractivity contribution in [3.05, 3.63) is 58.4 Å². The normalized spacial score (nSPS) is 13.6. The van der Waals surface area contributed by atoms with Crippen molar-refractivity contribution in [3.63, 3.8) is 0 Å². The Hall–Kier alpha value is -2.12. The Labute approximate surface area is 150 Å². The first kappa shape index (κ1) is 17.7. The number of carbonyl (C=O) groups is 1. The van der Waals surface area contributed by atoms with Gasteiger partial charge < -0.3 is 5.32 Å². The predicted octanol–water partition coefficient (Wildman–Crippen LogP) is 3.44. The van der Waals surface area contributed by atoms with E-state index in [0.29, 0.717) is 29.9 Å². The molecule has 0 aromatic heterocycles. The van der Waals surface area contributed by atoms with Crippen molar-refractivity contribution < 1.29 is 17.6 Å². The maximum absolute atomic E-state index is 13.2. The summed E-state index contributed by atoms with van der Waals surface area (Å²) in [4.78, 5) is 12.4. The van der Waals surface area contributed by atoms with Gasteiger partial charge >= 0.3 is 0 Å². The van der Waals surface area contributed by atoms with Crippen LogP contribution in [0.1, 0.15) is 22.8 Å². The highest BCUT2D eigenvalue weighted by Gasteiger charge is 2.28. The monoisotopic (exact) mass is 382 g/mol. The Bertz CT molecular complexity index is 947. The zero-order valence-corrected chi connectivity index (χ0v) is 15.0. The molecule has 2 aromatic rings. The molecule has 0 atom stereocenters. The lowest BCUT2D eigenvalue weighted by Crippen LogP contribution is -2.30. The molecule has 0 spiro atoms. The first-order chi connectivity index (χ1) is 11.8. The molecule has 25 heavy (non-hydrogen) atoms.